The van der Waals surface area contributed by atoms with Gasteiger partial charge < -0.3 is 15.5 Å². The predicted octanol–water partition coefficient (Wildman–Crippen LogP) is 1.24. The van der Waals surface area contributed by atoms with Crippen molar-refractivity contribution in [3.05, 3.63) is 24.2 Å². The molecule has 0 spiro atoms. The van der Waals surface area contributed by atoms with E-state index in [9.17, 15) is 4.79 Å². The molecule has 0 saturated carbocycles. The van der Waals surface area contributed by atoms with E-state index < -0.39 is 5.91 Å². The van der Waals surface area contributed by atoms with Crippen LogP contribution < -0.4 is 10.5 Å². The molecule has 3 N–H and O–H groups in total. The molecule has 18 heavy (non-hydrogen) atoms. The van der Waals surface area contributed by atoms with Crippen molar-refractivity contribution in [3.63, 3.8) is 0 Å². The third-order valence-electron chi connectivity index (χ3n) is 2.24. The Morgan fingerprint density at radius 1 is 1.50 bits per heavy atom. The summed E-state index contributed by atoms with van der Waals surface area (Å²) in [6.45, 7) is 3.83. The summed E-state index contributed by atoms with van der Waals surface area (Å²) in [5.41, 5.74) is 6.49. The molecule has 2 aromatic rings. The molecule has 6 nitrogen and oxygen atoms in total. The van der Waals surface area contributed by atoms with E-state index in [1.807, 2.05) is 13.8 Å². The first-order valence-electron chi connectivity index (χ1n) is 5.54. The Labute approximate surface area is 104 Å². The standard InChI is InChI=1S/C12H14N4O2/c1-7(2)18-12-10-8(3-4-9(13)17)5-14-11(10)15-6-16-12/h3-7H,1-2H3,(H2,13,17)(H,14,15,16). The number of nitrogens with zero attached hydrogens (tertiary/aromatic N) is 2. The summed E-state index contributed by atoms with van der Waals surface area (Å²) >= 11 is 0. The molecule has 0 radical (unpaired) electrons. The Balaban J connectivity index is 2.51. The van der Waals surface area contributed by atoms with Crippen LogP contribution in [0.15, 0.2) is 18.6 Å². The first kappa shape index (κ1) is 12.1. The molecule has 0 fully saturated rings. The number of carbonyl (C=O) groups is 1. The summed E-state index contributed by atoms with van der Waals surface area (Å²) in [7, 11) is 0. The van der Waals surface area contributed by atoms with Crippen LogP contribution in [0.5, 0.6) is 5.88 Å². The zero-order chi connectivity index (χ0) is 13.1. The first-order valence-corrected chi connectivity index (χ1v) is 5.54. The minimum absolute atomic E-state index is 0.00553. The number of nitrogens with two attached hydrogens (primary N) is 1. The van der Waals surface area contributed by atoms with Gasteiger partial charge in [0.05, 0.1) is 11.5 Å². The molecule has 0 bridgehead atoms. The molecular weight excluding hydrogens is 232 g/mol. The van der Waals surface area contributed by atoms with E-state index in [4.69, 9.17) is 10.5 Å². The van der Waals surface area contributed by atoms with Gasteiger partial charge in [0.2, 0.25) is 11.8 Å². The highest BCUT2D eigenvalue weighted by molar-refractivity contribution is 5.96. The maximum Gasteiger partial charge on any atom is 0.241 e. The summed E-state index contributed by atoms with van der Waals surface area (Å²) in [6, 6.07) is 0. The van der Waals surface area contributed by atoms with E-state index in [-0.39, 0.29) is 6.10 Å². The van der Waals surface area contributed by atoms with Crippen molar-refractivity contribution in [1.29, 1.82) is 0 Å². The van der Waals surface area contributed by atoms with Gasteiger partial charge >= 0.3 is 0 Å². The van der Waals surface area contributed by atoms with Gasteiger partial charge in [0.15, 0.2) is 0 Å². The lowest BCUT2D eigenvalue weighted by molar-refractivity contribution is -0.113. The quantitative estimate of drug-likeness (QED) is 0.794. The molecule has 0 aromatic carbocycles. The van der Waals surface area contributed by atoms with Gasteiger partial charge in [-0.1, -0.05) is 0 Å². The summed E-state index contributed by atoms with van der Waals surface area (Å²) in [5.74, 6) is -0.0205. The van der Waals surface area contributed by atoms with Gasteiger partial charge in [0, 0.05) is 17.8 Å². The molecule has 94 valence electrons. The predicted molar refractivity (Wildman–Crippen MR) is 67.9 cm³/mol. The first-order chi connectivity index (χ1) is 8.58. The van der Waals surface area contributed by atoms with E-state index in [1.54, 1.807) is 12.3 Å². The van der Waals surface area contributed by atoms with Crippen molar-refractivity contribution in [2.75, 3.05) is 0 Å². The second kappa shape index (κ2) is 4.87. The smallest absolute Gasteiger partial charge is 0.241 e. The fourth-order valence-electron chi connectivity index (χ4n) is 1.57. The lowest BCUT2D eigenvalue weighted by atomic mass is 10.2. The molecule has 1 amide bonds. The van der Waals surface area contributed by atoms with Crippen LogP contribution in [0, 0.1) is 0 Å². The normalized spacial score (nSPS) is 11.5. The average molecular weight is 246 g/mol. The zero-order valence-corrected chi connectivity index (χ0v) is 10.2. The largest absolute Gasteiger partial charge is 0.474 e. The molecule has 0 atom stereocenters. The van der Waals surface area contributed by atoms with Gasteiger partial charge in [-0.05, 0) is 19.9 Å². The maximum atomic E-state index is 10.8. The number of hydrogen-bond acceptors (Lipinski definition) is 4. The monoisotopic (exact) mass is 246 g/mol. The van der Waals surface area contributed by atoms with Crippen LogP contribution in [0.3, 0.4) is 0 Å². The highest BCUT2D eigenvalue weighted by Crippen LogP contribution is 2.26. The highest BCUT2D eigenvalue weighted by atomic mass is 16.5. The number of amides is 1. The molecule has 0 unspecified atom stereocenters. The van der Waals surface area contributed by atoms with Crippen LogP contribution in [0.4, 0.5) is 0 Å². The molecule has 0 aliphatic rings. The number of nitrogens with one attached hydrogen (secondary N) is 1. The molecule has 6 heteroatoms. The Morgan fingerprint density at radius 2 is 2.28 bits per heavy atom. The van der Waals surface area contributed by atoms with E-state index in [2.05, 4.69) is 15.0 Å². The third kappa shape index (κ3) is 2.48. The highest BCUT2D eigenvalue weighted by Gasteiger charge is 2.11. The minimum Gasteiger partial charge on any atom is -0.474 e. The van der Waals surface area contributed by atoms with Gasteiger partial charge in [-0.2, -0.15) is 0 Å². The second-order valence-electron chi connectivity index (χ2n) is 4.05. The van der Waals surface area contributed by atoms with E-state index in [1.165, 1.54) is 12.4 Å². The zero-order valence-electron chi connectivity index (χ0n) is 10.2. The SMILES string of the molecule is CC(C)Oc1ncnc2[nH]cc(C=CC(N)=O)c12. The van der Waals surface area contributed by atoms with Crippen LogP contribution >= 0.6 is 0 Å². The Morgan fingerprint density at radius 3 is 2.94 bits per heavy atom. The van der Waals surface area contributed by atoms with Gasteiger partial charge in [-0.15, -0.1) is 0 Å². The van der Waals surface area contributed by atoms with Gasteiger partial charge in [0.1, 0.15) is 12.0 Å². The number of carbonyl (C=O) groups excluding carboxylic acids is 1. The van der Waals surface area contributed by atoms with Crippen LogP contribution in [0.1, 0.15) is 19.4 Å². The average Bonchev–Trinajstić information content (AvgIpc) is 2.70. The maximum absolute atomic E-state index is 10.8. The van der Waals surface area contributed by atoms with Gasteiger partial charge in [0.25, 0.3) is 0 Å². The van der Waals surface area contributed by atoms with Crippen molar-refractivity contribution in [2.45, 2.75) is 20.0 Å². The summed E-state index contributed by atoms with van der Waals surface area (Å²) in [4.78, 5) is 22.0. The number of primary amides is 1. The lowest BCUT2D eigenvalue weighted by Gasteiger charge is -2.09. The molecule has 0 aliphatic heterocycles. The number of hydrogen-bond donors (Lipinski definition) is 2. The fraction of sp³-hybridized carbons (Fsp3) is 0.250. The molecule has 2 heterocycles. The Bertz CT molecular complexity index is 601. The van der Waals surface area contributed by atoms with Crippen molar-refractivity contribution in [3.8, 4) is 5.88 Å². The molecule has 0 saturated heterocycles. The Hall–Kier alpha value is -2.37. The topological polar surface area (TPSA) is 93.9 Å². The van der Waals surface area contributed by atoms with Crippen molar-refractivity contribution in [1.82, 2.24) is 15.0 Å². The van der Waals surface area contributed by atoms with Crippen LogP contribution in [0.2, 0.25) is 0 Å². The van der Waals surface area contributed by atoms with E-state index in [0.717, 1.165) is 10.9 Å². The number of H-pyrrole nitrogens is 1. The Kier molecular flexibility index (Phi) is 3.27. The van der Waals surface area contributed by atoms with Crippen LogP contribution in [-0.4, -0.2) is 27.0 Å². The molecular formula is C12H14N4O2. The third-order valence-corrected chi connectivity index (χ3v) is 2.24. The van der Waals surface area contributed by atoms with Crippen molar-refractivity contribution >= 4 is 23.0 Å². The van der Waals surface area contributed by atoms with Gasteiger partial charge in [-0.3, -0.25) is 4.79 Å². The lowest BCUT2D eigenvalue weighted by Crippen LogP contribution is -2.07. The number of aromatic amines is 1. The summed E-state index contributed by atoms with van der Waals surface area (Å²) in [5, 5.41) is 0.740. The van der Waals surface area contributed by atoms with Crippen LogP contribution in [0.25, 0.3) is 17.1 Å². The molecule has 2 rings (SSSR count). The second-order valence-corrected chi connectivity index (χ2v) is 4.05. The molecule has 2 aromatic heterocycles. The van der Waals surface area contributed by atoms with Gasteiger partial charge in [-0.25, -0.2) is 9.97 Å². The number of rotatable bonds is 4. The van der Waals surface area contributed by atoms with Crippen molar-refractivity contribution < 1.29 is 9.53 Å². The molecule has 0 aliphatic carbocycles. The minimum atomic E-state index is -0.507. The van der Waals surface area contributed by atoms with E-state index in [0.29, 0.717) is 11.5 Å². The number of aromatic nitrogens is 3. The summed E-state index contributed by atoms with van der Waals surface area (Å²) < 4.78 is 5.61. The van der Waals surface area contributed by atoms with Crippen LogP contribution in [-0.2, 0) is 4.79 Å². The number of fused-ring (bicyclic) bond motifs is 1. The van der Waals surface area contributed by atoms with E-state index >= 15 is 0 Å². The van der Waals surface area contributed by atoms with Crippen molar-refractivity contribution in [2.24, 2.45) is 5.73 Å². The summed E-state index contributed by atoms with van der Waals surface area (Å²) in [6.07, 6.45) is 6.06. The number of ether oxygens (including phenoxy) is 1. The fourth-order valence-corrected chi connectivity index (χ4v) is 1.57.